The van der Waals surface area contributed by atoms with Crippen LogP contribution in [0.1, 0.15) is 39.1 Å². The molecule has 1 saturated carbocycles. The lowest BCUT2D eigenvalue weighted by Crippen LogP contribution is -2.42. The number of nitrogens with two attached hydrogens (primary N) is 1. The summed E-state index contributed by atoms with van der Waals surface area (Å²) >= 11 is 0. The van der Waals surface area contributed by atoms with Gasteiger partial charge >= 0.3 is 6.09 Å². The number of rotatable bonds is 4. The number of aryl methyl sites for hydroxylation is 1. The number of imide groups is 1. The second-order valence-corrected chi connectivity index (χ2v) is 10.0. The zero-order valence-electron chi connectivity index (χ0n) is 20.5. The monoisotopic (exact) mass is 540 g/mol. The zero-order chi connectivity index (χ0) is 27.6. The number of primary amides is 1. The van der Waals surface area contributed by atoms with Crippen LogP contribution in [-0.2, 0) is 21.6 Å². The molecule has 3 amide bonds. The second kappa shape index (κ2) is 10.5. The Morgan fingerprint density at radius 1 is 1.16 bits per heavy atom. The van der Waals surface area contributed by atoms with Crippen LogP contribution in [0.15, 0.2) is 55.1 Å². The number of fused-ring (bicyclic) bond motifs is 2. The number of nitrogens with zero attached hydrogens (tertiary/aromatic N) is 5. The van der Waals surface area contributed by atoms with Crippen molar-refractivity contribution in [3.05, 3.63) is 71.8 Å². The highest BCUT2D eigenvalue weighted by molar-refractivity contribution is 7.84. The van der Waals surface area contributed by atoms with Crippen molar-refractivity contribution in [2.75, 3.05) is 16.1 Å². The van der Waals surface area contributed by atoms with E-state index in [4.69, 9.17) is 23.4 Å². The fourth-order valence-corrected chi connectivity index (χ4v) is 3.86. The number of carbonyl (C=O) groups is 3. The van der Waals surface area contributed by atoms with Gasteiger partial charge < -0.3 is 19.9 Å². The molecule has 4 heterocycles. The Hall–Kier alpha value is -4.43. The lowest BCUT2D eigenvalue weighted by molar-refractivity contribution is -0.727. The Labute approximate surface area is 218 Å². The maximum absolute atomic E-state index is 13.6. The van der Waals surface area contributed by atoms with Gasteiger partial charge in [-0.15, -0.1) is 0 Å². The molecule has 1 fully saturated rings. The first kappa shape index (κ1) is 26.6. The molecule has 0 spiro atoms. The van der Waals surface area contributed by atoms with Gasteiger partial charge in [0, 0.05) is 30.8 Å². The molecule has 5 rings (SSSR count). The van der Waals surface area contributed by atoms with E-state index in [1.807, 2.05) is 11.8 Å². The van der Waals surface area contributed by atoms with Crippen molar-refractivity contribution in [1.29, 1.82) is 0 Å². The molecule has 0 unspecified atom stereocenters. The molecule has 13 nitrogen and oxygen atoms in total. The van der Waals surface area contributed by atoms with Crippen molar-refractivity contribution in [3.8, 4) is 0 Å². The van der Waals surface area contributed by atoms with Crippen molar-refractivity contribution in [3.63, 3.8) is 0 Å². The van der Waals surface area contributed by atoms with Crippen LogP contribution in [0, 0.1) is 6.92 Å². The third-order valence-electron chi connectivity index (χ3n) is 5.58. The van der Waals surface area contributed by atoms with Crippen LogP contribution >= 0.6 is 0 Å². The maximum atomic E-state index is 13.6. The van der Waals surface area contributed by atoms with Crippen molar-refractivity contribution in [1.82, 2.24) is 9.97 Å². The largest absolute Gasteiger partial charge is 0.748 e. The molecular formula is C24H24N6O7S. The Kier molecular flexibility index (Phi) is 7.37. The molecule has 0 saturated heterocycles. The highest BCUT2D eigenvalue weighted by Crippen LogP contribution is 2.45. The summed E-state index contributed by atoms with van der Waals surface area (Å²) in [5.74, 6) is -0.176. The van der Waals surface area contributed by atoms with E-state index >= 15 is 0 Å². The summed E-state index contributed by atoms with van der Waals surface area (Å²) in [6.07, 6.45) is 7.99. The first-order valence-corrected chi connectivity index (χ1v) is 13.2. The Morgan fingerprint density at radius 3 is 2.50 bits per heavy atom. The molecule has 198 valence electrons. The minimum atomic E-state index is -3.92. The Morgan fingerprint density at radius 2 is 1.84 bits per heavy atom. The predicted octanol–water partition coefficient (Wildman–Crippen LogP) is 1.39. The van der Waals surface area contributed by atoms with E-state index in [0.717, 1.165) is 17.7 Å². The number of aromatic nitrogens is 3. The number of hydrogen-bond acceptors (Lipinski definition) is 10. The van der Waals surface area contributed by atoms with Gasteiger partial charge in [0.1, 0.15) is 17.1 Å². The number of carbonyl (C=O) groups excluding carboxylic acids is 3. The third kappa shape index (κ3) is 5.92. The summed E-state index contributed by atoms with van der Waals surface area (Å²) in [5, 5.41) is 0. The van der Waals surface area contributed by atoms with Crippen LogP contribution < -0.4 is 20.1 Å². The molecule has 0 atom stereocenters. The van der Waals surface area contributed by atoms with Gasteiger partial charge in [0.15, 0.2) is 18.2 Å². The van der Waals surface area contributed by atoms with Gasteiger partial charge in [0.05, 0.1) is 15.7 Å². The fraction of sp³-hybridized carbons (Fsp3) is 0.250. The van der Waals surface area contributed by atoms with Gasteiger partial charge in [-0.1, -0.05) is 0 Å². The highest BCUT2D eigenvalue weighted by atomic mass is 32.2. The fourth-order valence-electron chi connectivity index (χ4n) is 3.86. The van der Waals surface area contributed by atoms with E-state index in [-0.39, 0.29) is 18.3 Å². The minimum Gasteiger partial charge on any atom is -0.748 e. The second-order valence-electron chi connectivity index (χ2n) is 8.63. The maximum Gasteiger partial charge on any atom is 0.426 e. The number of amides is 3. The summed E-state index contributed by atoms with van der Waals surface area (Å²) in [5.41, 5.74) is 6.95. The van der Waals surface area contributed by atoms with Crippen molar-refractivity contribution >= 4 is 45.3 Å². The van der Waals surface area contributed by atoms with E-state index in [9.17, 15) is 14.4 Å². The van der Waals surface area contributed by atoms with Crippen LogP contribution in [0.4, 0.5) is 22.1 Å². The standard InChI is InChI=1S/C23H20N6O4.CH4O3S/c1-14-8-10-26-21-18(14)29(23(32)33-13-27-11-3-4-15(12-27)19(24)30)22(31)17-5-2-9-25-20(17)28(21)16-6-7-16;1-5(2,3)4/h2-5,8-12,16H,6-7,13H2,1H3,(H-,24,30);1H3,(H,2,3,4). The topological polar surface area (TPSA) is 180 Å². The molecule has 0 radical (unpaired) electrons. The lowest BCUT2D eigenvalue weighted by atomic mass is 10.2. The third-order valence-corrected chi connectivity index (χ3v) is 5.58. The first-order valence-electron chi connectivity index (χ1n) is 11.4. The van der Waals surface area contributed by atoms with Crippen LogP contribution in [-0.4, -0.2) is 53.1 Å². The number of ether oxygens (including phenoxy) is 1. The summed E-state index contributed by atoms with van der Waals surface area (Å²) < 4.78 is 34.2. The Bertz CT molecular complexity index is 1520. The average Bonchev–Trinajstić information content (AvgIpc) is 3.69. The quantitative estimate of drug-likeness (QED) is 0.375. The summed E-state index contributed by atoms with van der Waals surface area (Å²) in [4.78, 5) is 50.2. The molecule has 0 aromatic carbocycles. The van der Waals surface area contributed by atoms with Crippen LogP contribution in [0.2, 0.25) is 0 Å². The van der Waals surface area contributed by atoms with E-state index in [1.165, 1.54) is 10.8 Å². The van der Waals surface area contributed by atoms with E-state index in [2.05, 4.69) is 9.97 Å². The minimum absolute atomic E-state index is 0.155. The smallest absolute Gasteiger partial charge is 0.426 e. The summed E-state index contributed by atoms with van der Waals surface area (Å²) in [6, 6.07) is 8.37. The van der Waals surface area contributed by atoms with Crippen molar-refractivity contribution in [2.24, 2.45) is 5.73 Å². The molecule has 2 aliphatic rings. The van der Waals surface area contributed by atoms with Crippen LogP contribution in [0.3, 0.4) is 0 Å². The normalized spacial score (nSPS) is 14.4. The van der Waals surface area contributed by atoms with E-state index < -0.39 is 28.0 Å². The zero-order valence-corrected chi connectivity index (χ0v) is 21.3. The van der Waals surface area contributed by atoms with Crippen molar-refractivity contribution in [2.45, 2.75) is 32.5 Å². The molecular weight excluding hydrogens is 516 g/mol. The molecule has 14 heteroatoms. The van der Waals surface area contributed by atoms with Gasteiger partial charge in [-0.3, -0.25) is 9.59 Å². The molecule has 1 aliphatic heterocycles. The number of hydrogen-bond donors (Lipinski definition) is 1. The van der Waals surface area contributed by atoms with E-state index in [0.29, 0.717) is 34.7 Å². The van der Waals surface area contributed by atoms with Gasteiger partial charge in [0.2, 0.25) is 0 Å². The highest BCUT2D eigenvalue weighted by Gasteiger charge is 2.43. The first-order chi connectivity index (χ1) is 18.0. The van der Waals surface area contributed by atoms with Gasteiger partial charge in [-0.2, -0.15) is 4.57 Å². The van der Waals surface area contributed by atoms with E-state index in [1.54, 1.807) is 48.9 Å². The van der Waals surface area contributed by atoms with Crippen LogP contribution in [0.25, 0.3) is 0 Å². The van der Waals surface area contributed by atoms with Gasteiger partial charge in [-0.25, -0.2) is 28.1 Å². The Balaban J connectivity index is 0.000000617. The summed E-state index contributed by atoms with van der Waals surface area (Å²) in [7, 11) is -3.92. The average molecular weight is 541 g/mol. The lowest BCUT2D eigenvalue weighted by Gasteiger charge is -2.25. The molecule has 3 aromatic rings. The summed E-state index contributed by atoms with van der Waals surface area (Å²) in [6.45, 7) is 1.60. The predicted molar refractivity (Wildman–Crippen MR) is 132 cm³/mol. The molecule has 1 aliphatic carbocycles. The van der Waals surface area contributed by atoms with Gasteiger partial charge in [-0.05, 0) is 49.6 Å². The molecule has 3 aromatic heterocycles. The number of pyridine rings is 3. The van der Waals surface area contributed by atoms with Crippen molar-refractivity contribution < 1.29 is 36.7 Å². The van der Waals surface area contributed by atoms with Crippen LogP contribution in [0.5, 0.6) is 0 Å². The number of anilines is 3. The van der Waals surface area contributed by atoms with Gasteiger partial charge in [0.25, 0.3) is 18.5 Å². The SMILES string of the molecule is CS(=O)(=O)[O-].Cc1ccnc2c1N(C(=O)OC[n+]1cccc(C(N)=O)c1)C(=O)c1cccnc1N2C1CC1. The molecule has 38 heavy (non-hydrogen) atoms. The molecule has 2 N–H and O–H groups in total. The molecule has 0 bridgehead atoms.